The summed E-state index contributed by atoms with van der Waals surface area (Å²) >= 11 is 0. The molecule has 52 valence electrons. The molecule has 0 aliphatic heterocycles. The van der Waals surface area contributed by atoms with Crippen LogP contribution in [-0.2, 0) is 0 Å². The monoisotopic (exact) mass is 137 g/mol. The molecule has 0 bridgehead atoms. The minimum atomic E-state index is -0.0492. The Labute approximate surface area is 58.0 Å². The van der Waals surface area contributed by atoms with Crippen LogP contribution in [0, 0.1) is 5.41 Å². The zero-order chi connectivity index (χ0) is 7.40. The zero-order valence-corrected chi connectivity index (χ0v) is 5.20. The average Bonchev–Trinajstić information content (AvgIpc) is 1.88. The number of pyridine rings is 1. The smallest absolute Gasteiger partial charge is 0.212 e. The molecule has 0 saturated heterocycles. The molecule has 1 aromatic heterocycles. The third-order valence-electron chi connectivity index (χ3n) is 0.954. The number of aromatic nitrogens is 1. The molecular weight excluding hydrogens is 130 g/mol. The lowest BCUT2D eigenvalue weighted by molar-refractivity contribution is 0.454. The molecule has 0 fully saturated rings. The second kappa shape index (κ2) is 2.82. The summed E-state index contributed by atoms with van der Waals surface area (Å²) in [7, 11) is 0. The van der Waals surface area contributed by atoms with Gasteiger partial charge in [0.25, 0.3) is 0 Å². The lowest BCUT2D eigenvalue weighted by Gasteiger charge is -1.96. The molecule has 0 aliphatic carbocycles. The molecule has 0 atom stereocenters. The van der Waals surface area contributed by atoms with Crippen LogP contribution in [0.2, 0.25) is 0 Å². The van der Waals surface area contributed by atoms with Crippen LogP contribution in [0.1, 0.15) is 0 Å². The molecule has 10 heavy (non-hydrogen) atoms. The highest BCUT2D eigenvalue weighted by molar-refractivity contribution is 5.70. The van der Waals surface area contributed by atoms with Crippen molar-refractivity contribution in [2.75, 3.05) is 5.32 Å². The van der Waals surface area contributed by atoms with Crippen LogP contribution in [0.4, 0.5) is 5.82 Å². The highest BCUT2D eigenvalue weighted by atomic mass is 16.3. The van der Waals surface area contributed by atoms with Crippen molar-refractivity contribution in [3.8, 4) is 5.88 Å². The highest BCUT2D eigenvalue weighted by Gasteiger charge is 1.90. The van der Waals surface area contributed by atoms with Gasteiger partial charge in [-0.25, -0.2) is 0 Å². The van der Waals surface area contributed by atoms with Crippen LogP contribution in [0.5, 0.6) is 5.88 Å². The maximum Gasteiger partial charge on any atom is 0.212 e. The number of nitrogens with one attached hydrogen (secondary N) is 2. The van der Waals surface area contributed by atoms with Gasteiger partial charge in [-0.05, 0) is 6.07 Å². The van der Waals surface area contributed by atoms with Crippen molar-refractivity contribution in [2.45, 2.75) is 0 Å². The fraction of sp³-hybridized carbons (Fsp3) is 0. The maximum absolute atomic E-state index is 8.81. The van der Waals surface area contributed by atoms with Gasteiger partial charge < -0.3 is 10.4 Å². The highest BCUT2D eigenvalue weighted by Crippen LogP contribution is 2.07. The van der Waals surface area contributed by atoms with Crippen molar-refractivity contribution in [3.05, 3.63) is 18.2 Å². The van der Waals surface area contributed by atoms with Crippen LogP contribution >= 0.6 is 0 Å². The molecule has 0 unspecified atom stereocenters. The van der Waals surface area contributed by atoms with Crippen molar-refractivity contribution in [1.82, 2.24) is 4.98 Å². The van der Waals surface area contributed by atoms with E-state index in [0.717, 1.165) is 6.34 Å². The number of hydrogen-bond donors (Lipinski definition) is 3. The standard InChI is InChI=1S/C6H7N3O/c7-4-8-5-2-1-3-6(10)9-5/h1-4H,(H3,7,8,9,10). The lowest BCUT2D eigenvalue weighted by Crippen LogP contribution is -1.94. The van der Waals surface area contributed by atoms with Crippen molar-refractivity contribution in [3.63, 3.8) is 0 Å². The summed E-state index contributed by atoms with van der Waals surface area (Å²) in [4.78, 5) is 3.66. The topological polar surface area (TPSA) is 69.0 Å². The molecule has 0 amide bonds. The van der Waals surface area contributed by atoms with E-state index in [1.54, 1.807) is 12.1 Å². The van der Waals surface area contributed by atoms with Gasteiger partial charge in [-0.3, -0.25) is 5.41 Å². The maximum atomic E-state index is 8.81. The van der Waals surface area contributed by atoms with Crippen LogP contribution in [-0.4, -0.2) is 16.4 Å². The van der Waals surface area contributed by atoms with E-state index in [1.165, 1.54) is 6.07 Å². The largest absolute Gasteiger partial charge is 0.493 e. The Balaban J connectivity index is 2.84. The summed E-state index contributed by atoms with van der Waals surface area (Å²) in [6, 6.07) is 4.77. The number of anilines is 1. The van der Waals surface area contributed by atoms with Crippen LogP contribution in [0.3, 0.4) is 0 Å². The van der Waals surface area contributed by atoms with E-state index in [9.17, 15) is 0 Å². The van der Waals surface area contributed by atoms with Crippen LogP contribution < -0.4 is 5.32 Å². The van der Waals surface area contributed by atoms with E-state index >= 15 is 0 Å². The first kappa shape index (κ1) is 6.54. The summed E-state index contributed by atoms with van der Waals surface area (Å²) in [5, 5.41) is 18.0. The Morgan fingerprint density at radius 2 is 2.40 bits per heavy atom. The van der Waals surface area contributed by atoms with E-state index < -0.39 is 0 Å². The first-order chi connectivity index (χ1) is 4.83. The summed E-state index contributed by atoms with van der Waals surface area (Å²) in [6.45, 7) is 0. The summed E-state index contributed by atoms with van der Waals surface area (Å²) in [6.07, 6.45) is 1.00. The molecule has 0 radical (unpaired) electrons. The SMILES string of the molecule is N=CNc1cccc(O)n1. The van der Waals surface area contributed by atoms with Gasteiger partial charge in [0, 0.05) is 6.07 Å². The molecule has 0 aliphatic rings. The Kier molecular flexibility index (Phi) is 1.84. The third-order valence-corrected chi connectivity index (χ3v) is 0.954. The van der Waals surface area contributed by atoms with Gasteiger partial charge in [-0.2, -0.15) is 4.98 Å². The van der Waals surface area contributed by atoms with Gasteiger partial charge in [-0.1, -0.05) is 6.07 Å². The van der Waals surface area contributed by atoms with Gasteiger partial charge >= 0.3 is 0 Å². The first-order valence-corrected chi connectivity index (χ1v) is 2.74. The summed E-state index contributed by atoms with van der Waals surface area (Å²) in [5.74, 6) is 0.418. The van der Waals surface area contributed by atoms with E-state index in [1.807, 2.05) is 0 Å². The fourth-order valence-corrected chi connectivity index (χ4v) is 0.578. The molecule has 4 heteroatoms. The predicted octanol–water partition coefficient (Wildman–Crippen LogP) is 0.806. The molecule has 3 N–H and O–H groups in total. The van der Waals surface area contributed by atoms with E-state index in [2.05, 4.69) is 10.3 Å². The van der Waals surface area contributed by atoms with Crippen molar-refractivity contribution >= 4 is 12.2 Å². The summed E-state index contributed by atoms with van der Waals surface area (Å²) < 4.78 is 0. The molecule has 0 saturated carbocycles. The number of aromatic hydroxyl groups is 1. The Morgan fingerprint density at radius 3 is 3.00 bits per heavy atom. The minimum Gasteiger partial charge on any atom is -0.493 e. The van der Waals surface area contributed by atoms with E-state index in [4.69, 9.17) is 10.5 Å². The van der Waals surface area contributed by atoms with Gasteiger partial charge in [0.05, 0.1) is 6.34 Å². The Hall–Kier alpha value is -1.58. The zero-order valence-electron chi connectivity index (χ0n) is 5.20. The van der Waals surface area contributed by atoms with Crippen LogP contribution in [0.15, 0.2) is 18.2 Å². The number of rotatable bonds is 2. The molecule has 1 rings (SSSR count). The summed E-state index contributed by atoms with van der Waals surface area (Å²) in [5.41, 5.74) is 0. The van der Waals surface area contributed by atoms with Gasteiger partial charge in [0.2, 0.25) is 5.88 Å². The van der Waals surface area contributed by atoms with E-state index in [-0.39, 0.29) is 5.88 Å². The van der Waals surface area contributed by atoms with Crippen LogP contribution in [0.25, 0.3) is 0 Å². The van der Waals surface area contributed by atoms with Crippen molar-refractivity contribution in [2.24, 2.45) is 0 Å². The number of nitrogens with zero attached hydrogens (tertiary/aromatic N) is 1. The first-order valence-electron chi connectivity index (χ1n) is 2.74. The molecule has 0 spiro atoms. The minimum absolute atomic E-state index is 0.0492. The van der Waals surface area contributed by atoms with Gasteiger partial charge in [0.15, 0.2) is 0 Å². The van der Waals surface area contributed by atoms with Gasteiger partial charge in [-0.15, -0.1) is 0 Å². The average molecular weight is 137 g/mol. The molecule has 4 nitrogen and oxygen atoms in total. The molecule has 0 aromatic carbocycles. The third kappa shape index (κ3) is 1.45. The lowest BCUT2D eigenvalue weighted by atomic mass is 10.4. The quantitative estimate of drug-likeness (QED) is 0.417. The van der Waals surface area contributed by atoms with Crippen molar-refractivity contribution in [1.29, 1.82) is 5.41 Å². The Morgan fingerprint density at radius 1 is 1.60 bits per heavy atom. The molecule has 1 aromatic rings. The van der Waals surface area contributed by atoms with Crippen molar-refractivity contribution < 1.29 is 5.11 Å². The normalized spacial score (nSPS) is 8.80. The Bertz CT molecular complexity index is 236. The predicted molar refractivity (Wildman–Crippen MR) is 38.3 cm³/mol. The van der Waals surface area contributed by atoms with Gasteiger partial charge in [0.1, 0.15) is 5.82 Å². The van der Waals surface area contributed by atoms with E-state index in [0.29, 0.717) is 5.82 Å². The second-order valence-electron chi connectivity index (χ2n) is 1.67. The molecular formula is C6H7N3O. The number of hydrogen-bond acceptors (Lipinski definition) is 3. The molecule has 1 heterocycles. The fourth-order valence-electron chi connectivity index (χ4n) is 0.578. The second-order valence-corrected chi connectivity index (χ2v) is 1.67.